The predicted molar refractivity (Wildman–Crippen MR) is 149 cm³/mol. The van der Waals surface area contributed by atoms with E-state index in [9.17, 15) is 0 Å². The molecule has 3 aromatic rings. The van der Waals surface area contributed by atoms with Crippen molar-refractivity contribution in [1.82, 2.24) is 0 Å². The van der Waals surface area contributed by atoms with Crippen molar-refractivity contribution in [2.45, 2.75) is 110 Å². The molecule has 0 fully saturated rings. The Hall–Kier alpha value is -1.93. The summed E-state index contributed by atoms with van der Waals surface area (Å²) in [5.41, 5.74) is 1.10. The number of hydrogen-bond donors (Lipinski definition) is 0. The summed E-state index contributed by atoms with van der Waals surface area (Å²) >= 11 is 6.24. The van der Waals surface area contributed by atoms with E-state index in [0.717, 1.165) is 51.4 Å². The number of hydrogen-bond acceptors (Lipinski definition) is 2. The molecule has 3 rings (SSSR count). The van der Waals surface area contributed by atoms with Crippen molar-refractivity contribution in [3.05, 3.63) is 48.0 Å². The van der Waals surface area contributed by atoms with Crippen LogP contribution < -0.4 is 9.47 Å². The van der Waals surface area contributed by atoms with Crippen LogP contribution in [0.2, 0.25) is 0 Å². The Kier molecular flexibility index (Phi) is 10.8. The van der Waals surface area contributed by atoms with Crippen LogP contribution in [0, 0.1) is 0 Å². The molecule has 0 radical (unpaired) electrons. The number of unbranched alkanes of at least 4 members (excludes halogenated alkanes) is 6. The molecule has 0 heterocycles. The largest absolute Gasteiger partial charge is 0.489 e. The lowest BCUT2D eigenvalue weighted by atomic mass is 9.98. The molecule has 0 spiro atoms. The second kappa shape index (κ2) is 13.8. The van der Waals surface area contributed by atoms with Crippen molar-refractivity contribution < 1.29 is 9.47 Å². The highest BCUT2D eigenvalue weighted by atomic mass is 35.5. The van der Waals surface area contributed by atoms with Gasteiger partial charge in [-0.25, -0.2) is 0 Å². The molecular formula is C31H43ClO2. The Labute approximate surface area is 212 Å². The topological polar surface area (TPSA) is 18.5 Å². The number of benzene rings is 3. The Morgan fingerprint density at radius 2 is 1.15 bits per heavy atom. The molecule has 2 atom stereocenters. The van der Waals surface area contributed by atoms with Crippen molar-refractivity contribution in [2.75, 3.05) is 0 Å². The zero-order chi connectivity index (χ0) is 24.3. The monoisotopic (exact) mass is 482 g/mol. The molecule has 2 unspecified atom stereocenters. The van der Waals surface area contributed by atoms with E-state index >= 15 is 0 Å². The lowest BCUT2D eigenvalue weighted by Crippen LogP contribution is -2.14. The molecule has 0 aromatic heterocycles. The van der Waals surface area contributed by atoms with Gasteiger partial charge in [-0.15, -0.1) is 11.6 Å². The van der Waals surface area contributed by atoms with Crippen LogP contribution in [-0.4, -0.2) is 12.2 Å². The van der Waals surface area contributed by atoms with Gasteiger partial charge in [0.1, 0.15) is 11.5 Å². The van der Waals surface area contributed by atoms with Crippen LogP contribution in [0.1, 0.15) is 97.5 Å². The summed E-state index contributed by atoms with van der Waals surface area (Å²) in [6.07, 6.45) is 12.5. The fourth-order valence-electron chi connectivity index (χ4n) is 4.72. The lowest BCUT2D eigenvalue weighted by molar-refractivity contribution is 0.207. The fraction of sp³-hybridized carbons (Fsp3) is 0.548. The second-order valence-electron chi connectivity index (χ2n) is 9.77. The number of halogens is 1. The summed E-state index contributed by atoms with van der Waals surface area (Å²) in [6, 6.07) is 15.0. The first kappa shape index (κ1) is 26.7. The summed E-state index contributed by atoms with van der Waals surface area (Å²) in [5.74, 6) is 2.42. The SMILES string of the molecule is CCCCCCC(C)Oc1c2ccccc2c(OC(C)CCCCCC)c2cc(CCl)ccc12. The number of alkyl halides is 1. The van der Waals surface area contributed by atoms with E-state index in [1.807, 2.05) is 0 Å². The van der Waals surface area contributed by atoms with Crippen LogP contribution in [-0.2, 0) is 5.88 Å². The highest BCUT2D eigenvalue weighted by Gasteiger charge is 2.19. The Bertz CT molecular complexity index is 1030. The Balaban J connectivity index is 1.98. The zero-order valence-electron chi connectivity index (χ0n) is 21.7. The molecule has 3 heteroatoms. The molecule has 0 saturated heterocycles. The van der Waals surface area contributed by atoms with Gasteiger partial charge in [0.15, 0.2) is 0 Å². The molecule has 0 N–H and O–H groups in total. The van der Waals surface area contributed by atoms with Gasteiger partial charge in [-0.05, 0) is 51.2 Å². The van der Waals surface area contributed by atoms with E-state index in [1.165, 1.54) is 51.4 Å². The van der Waals surface area contributed by atoms with E-state index < -0.39 is 0 Å². The van der Waals surface area contributed by atoms with Crippen molar-refractivity contribution in [3.8, 4) is 11.5 Å². The average Bonchev–Trinajstić information content (AvgIpc) is 2.86. The average molecular weight is 483 g/mol. The molecule has 186 valence electrons. The van der Waals surface area contributed by atoms with E-state index in [1.54, 1.807) is 0 Å². The van der Waals surface area contributed by atoms with Gasteiger partial charge in [-0.2, -0.15) is 0 Å². The first-order chi connectivity index (χ1) is 16.6. The first-order valence-electron chi connectivity index (χ1n) is 13.5. The highest BCUT2D eigenvalue weighted by Crippen LogP contribution is 2.44. The van der Waals surface area contributed by atoms with Crippen LogP contribution in [0.25, 0.3) is 21.5 Å². The van der Waals surface area contributed by atoms with Crippen LogP contribution >= 0.6 is 11.6 Å². The van der Waals surface area contributed by atoms with Gasteiger partial charge in [0.05, 0.1) is 12.2 Å². The van der Waals surface area contributed by atoms with Gasteiger partial charge < -0.3 is 9.47 Å². The zero-order valence-corrected chi connectivity index (χ0v) is 22.4. The third kappa shape index (κ3) is 7.04. The Morgan fingerprint density at radius 3 is 1.65 bits per heavy atom. The van der Waals surface area contributed by atoms with Gasteiger partial charge in [0.25, 0.3) is 0 Å². The van der Waals surface area contributed by atoms with Gasteiger partial charge in [0.2, 0.25) is 0 Å². The van der Waals surface area contributed by atoms with Crippen LogP contribution in [0.4, 0.5) is 0 Å². The molecule has 0 aliphatic heterocycles. The lowest BCUT2D eigenvalue weighted by Gasteiger charge is -2.23. The summed E-state index contributed by atoms with van der Waals surface area (Å²) in [4.78, 5) is 0. The second-order valence-corrected chi connectivity index (χ2v) is 10.0. The molecule has 0 aliphatic rings. The maximum Gasteiger partial charge on any atom is 0.135 e. The number of rotatable bonds is 15. The third-order valence-corrected chi connectivity index (χ3v) is 7.02. The number of ether oxygens (including phenoxy) is 2. The van der Waals surface area contributed by atoms with Gasteiger partial charge in [0, 0.05) is 27.4 Å². The number of fused-ring (bicyclic) bond motifs is 2. The van der Waals surface area contributed by atoms with Gasteiger partial charge in [-0.1, -0.05) is 88.8 Å². The maximum absolute atomic E-state index is 6.67. The van der Waals surface area contributed by atoms with E-state index in [0.29, 0.717) is 5.88 Å². The molecule has 0 bridgehead atoms. The van der Waals surface area contributed by atoms with E-state index in [-0.39, 0.29) is 12.2 Å². The van der Waals surface area contributed by atoms with E-state index in [4.69, 9.17) is 21.1 Å². The molecule has 2 nitrogen and oxygen atoms in total. The van der Waals surface area contributed by atoms with Crippen molar-refractivity contribution >= 4 is 33.1 Å². The van der Waals surface area contributed by atoms with Crippen LogP contribution in [0.15, 0.2) is 42.5 Å². The highest BCUT2D eigenvalue weighted by molar-refractivity contribution is 6.17. The van der Waals surface area contributed by atoms with Gasteiger partial charge in [-0.3, -0.25) is 0 Å². The normalized spacial score (nSPS) is 13.3. The smallest absolute Gasteiger partial charge is 0.135 e. The minimum absolute atomic E-state index is 0.160. The van der Waals surface area contributed by atoms with Crippen molar-refractivity contribution in [3.63, 3.8) is 0 Å². The molecule has 0 amide bonds. The molecule has 0 aliphatic carbocycles. The minimum atomic E-state index is 0.160. The quantitative estimate of drug-likeness (QED) is 0.122. The standard InChI is InChI=1S/C31H43ClO2/c1-5-7-9-11-15-23(3)33-30-26-17-13-14-18-27(26)31(34-24(4)16-12-10-8-6-2)29-21-25(22-32)19-20-28(29)30/h13-14,17-21,23-24H,5-12,15-16,22H2,1-4H3. The summed E-state index contributed by atoms with van der Waals surface area (Å²) in [5, 5.41) is 4.46. The molecular weight excluding hydrogens is 440 g/mol. The summed E-state index contributed by atoms with van der Waals surface area (Å²) in [6.45, 7) is 8.90. The van der Waals surface area contributed by atoms with Crippen molar-refractivity contribution in [1.29, 1.82) is 0 Å². The minimum Gasteiger partial charge on any atom is -0.489 e. The Morgan fingerprint density at radius 1 is 0.647 bits per heavy atom. The fourth-order valence-corrected chi connectivity index (χ4v) is 4.89. The predicted octanol–water partition coefficient (Wildman–Crippen LogP) is 10.2. The van der Waals surface area contributed by atoms with Crippen LogP contribution in [0.3, 0.4) is 0 Å². The molecule has 34 heavy (non-hydrogen) atoms. The maximum atomic E-state index is 6.67. The molecule has 0 saturated carbocycles. The summed E-state index contributed by atoms with van der Waals surface area (Å²) < 4.78 is 13.3. The third-order valence-electron chi connectivity index (χ3n) is 6.71. The molecule has 3 aromatic carbocycles. The van der Waals surface area contributed by atoms with E-state index in [2.05, 4.69) is 70.2 Å². The van der Waals surface area contributed by atoms with Crippen LogP contribution in [0.5, 0.6) is 11.5 Å². The van der Waals surface area contributed by atoms with Crippen molar-refractivity contribution in [2.24, 2.45) is 0 Å². The first-order valence-corrected chi connectivity index (χ1v) is 14.0. The summed E-state index contributed by atoms with van der Waals surface area (Å²) in [7, 11) is 0. The van der Waals surface area contributed by atoms with Gasteiger partial charge >= 0.3 is 0 Å².